The maximum atomic E-state index is 12.8. The van der Waals surface area contributed by atoms with Crippen LogP contribution in [0, 0.1) is 11.3 Å². The number of carbonyl (C=O) groups excluding carboxylic acids is 1. The summed E-state index contributed by atoms with van der Waals surface area (Å²) in [4.78, 5) is 13.2. The first-order chi connectivity index (χ1) is 8.18. The monoisotopic (exact) mass is 267 g/mol. The van der Waals surface area contributed by atoms with Gasteiger partial charge in [0.1, 0.15) is 6.61 Å². The highest BCUT2D eigenvalue weighted by Crippen LogP contribution is 2.44. The third-order valence-corrected chi connectivity index (χ3v) is 3.41. The SMILES string of the molecule is CCOCC(=O)N1CC[C@@H](C(F)(F)F)C(C)(C)C1. The van der Waals surface area contributed by atoms with Crippen molar-refractivity contribution < 1.29 is 22.7 Å². The fourth-order valence-corrected chi connectivity index (χ4v) is 2.46. The van der Waals surface area contributed by atoms with E-state index in [0.29, 0.717) is 6.61 Å². The van der Waals surface area contributed by atoms with E-state index >= 15 is 0 Å². The van der Waals surface area contributed by atoms with E-state index in [9.17, 15) is 18.0 Å². The van der Waals surface area contributed by atoms with Crippen LogP contribution in [-0.2, 0) is 9.53 Å². The van der Waals surface area contributed by atoms with E-state index in [2.05, 4.69) is 0 Å². The second-order valence-electron chi connectivity index (χ2n) is 5.32. The second kappa shape index (κ2) is 5.47. The Bertz CT molecular complexity index is 302. The molecule has 1 saturated heterocycles. The lowest BCUT2D eigenvalue weighted by Crippen LogP contribution is -2.53. The lowest BCUT2D eigenvalue weighted by atomic mass is 9.73. The van der Waals surface area contributed by atoms with Gasteiger partial charge in [-0.3, -0.25) is 4.79 Å². The number of nitrogens with zero attached hydrogens (tertiary/aromatic N) is 1. The van der Waals surface area contributed by atoms with Gasteiger partial charge in [-0.15, -0.1) is 0 Å². The molecule has 1 fully saturated rings. The summed E-state index contributed by atoms with van der Waals surface area (Å²) in [5.41, 5.74) is -0.946. The molecule has 0 aromatic heterocycles. The molecule has 3 nitrogen and oxygen atoms in total. The van der Waals surface area contributed by atoms with Gasteiger partial charge in [0.2, 0.25) is 5.91 Å². The highest BCUT2D eigenvalue weighted by molar-refractivity contribution is 5.77. The first kappa shape index (κ1) is 15.3. The summed E-state index contributed by atoms with van der Waals surface area (Å²) in [5, 5.41) is 0. The number of amides is 1. The van der Waals surface area contributed by atoms with Crippen LogP contribution in [0.1, 0.15) is 27.2 Å². The van der Waals surface area contributed by atoms with Crippen LogP contribution in [0.3, 0.4) is 0 Å². The van der Waals surface area contributed by atoms with Crippen LogP contribution in [0.4, 0.5) is 13.2 Å². The molecule has 0 spiro atoms. The van der Waals surface area contributed by atoms with Gasteiger partial charge in [-0.2, -0.15) is 13.2 Å². The van der Waals surface area contributed by atoms with Gasteiger partial charge < -0.3 is 9.64 Å². The van der Waals surface area contributed by atoms with E-state index in [1.807, 2.05) is 0 Å². The molecule has 0 aromatic rings. The molecule has 106 valence electrons. The molecule has 0 radical (unpaired) electrons. The molecule has 0 N–H and O–H groups in total. The number of piperidine rings is 1. The number of carbonyl (C=O) groups is 1. The molecule has 1 atom stereocenters. The first-order valence-electron chi connectivity index (χ1n) is 6.10. The average molecular weight is 267 g/mol. The maximum Gasteiger partial charge on any atom is 0.392 e. The van der Waals surface area contributed by atoms with E-state index in [-0.39, 0.29) is 32.0 Å². The van der Waals surface area contributed by atoms with Gasteiger partial charge >= 0.3 is 6.18 Å². The number of hydrogen-bond acceptors (Lipinski definition) is 2. The van der Waals surface area contributed by atoms with E-state index in [0.717, 1.165) is 0 Å². The van der Waals surface area contributed by atoms with Crippen molar-refractivity contribution in [3.8, 4) is 0 Å². The van der Waals surface area contributed by atoms with Gasteiger partial charge in [0.15, 0.2) is 0 Å². The molecule has 1 aliphatic heterocycles. The Morgan fingerprint density at radius 3 is 2.50 bits per heavy atom. The fourth-order valence-electron chi connectivity index (χ4n) is 2.46. The van der Waals surface area contributed by atoms with Gasteiger partial charge in [0.05, 0.1) is 5.92 Å². The molecule has 18 heavy (non-hydrogen) atoms. The van der Waals surface area contributed by atoms with E-state index in [1.54, 1.807) is 20.8 Å². The summed E-state index contributed by atoms with van der Waals surface area (Å²) >= 11 is 0. The van der Waals surface area contributed by atoms with Gasteiger partial charge in [0, 0.05) is 19.7 Å². The predicted molar refractivity (Wildman–Crippen MR) is 61.0 cm³/mol. The number of rotatable bonds is 3. The molecule has 6 heteroatoms. The van der Waals surface area contributed by atoms with Crippen molar-refractivity contribution in [3.63, 3.8) is 0 Å². The Labute approximate surface area is 105 Å². The summed E-state index contributed by atoms with van der Waals surface area (Å²) in [6.07, 6.45) is -4.23. The minimum Gasteiger partial charge on any atom is -0.372 e. The quantitative estimate of drug-likeness (QED) is 0.786. The van der Waals surface area contributed by atoms with E-state index < -0.39 is 17.5 Å². The third kappa shape index (κ3) is 3.60. The standard InChI is InChI=1S/C12H20F3NO2/c1-4-18-7-10(17)16-6-5-9(12(13,14)15)11(2,3)8-16/h9H,4-8H2,1-3H3/t9-/m1/s1. The van der Waals surface area contributed by atoms with Gasteiger partial charge in [-0.05, 0) is 18.8 Å². The summed E-state index contributed by atoms with van der Waals surface area (Å²) in [6, 6.07) is 0. The zero-order chi connectivity index (χ0) is 14.0. The Balaban J connectivity index is 2.65. The molecule has 0 saturated carbocycles. The van der Waals surface area contributed by atoms with Crippen molar-refractivity contribution in [2.45, 2.75) is 33.4 Å². The molecule has 0 aromatic carbocycles. The number of hydrogen-bond donors (Lipinski definition) is 0. The second-order valence-corrected chi connectivity index (χ2v) is 5.32. The number of halogens is 3. The molecular formula is C12H20F3NO2. The van der Waals surface area contributed by atoms with Gasteiger partial charge in [0.25, 0.3) is 0 Å². The van der Waals surface area contributed by atoms with Crippen LogP contribution in [0.25, 0.3) is 0 Å². The molecule has 0 aliphatic carbocycles. The van der Waals surface area contributed by atoms with Gasteiger partial charge in [-0.1, -0.05) is 13.8 Å². The normalized spacial score (nSPS) is 24.1. The van der Waals surface area contributed by atoms with Crippen molar-refractivity contribution in [3.05, 3.63) is 0 Å². The van der Waals surface area contributed by atoms with Crippen molar-refractivity contribution in [1.82, 2.24) is 4.90 Å². The third-order valence-electron chi connectivity index (χ3n) is 3.41. The highest BCUT2D eigenvalue weighted by atomic mass is 19.4. The average Bonchev–Trinajstić information content (AvgIpc) is 2.22. The number of alkyl halides is 3. The summed E-state index contributed by atoms with van der Waals surface area (Å²) in [6.45, 7) is 5.55. The van der Waals surface area contributed by atoms with Crippen LogP contribution in [0.15, 0.2) is 0 Å². The predicted octanol–water partition coefficient (Wildman–Crippen LogP) is 2.46. The molecule has 1 amide bonds. The minimum atomic E-state index is -4.20. The Hall–Kier alpha value is -0.780. The van der Waals surface area contributed by atoms with Crippen LogP contribution in [0.2, 0.25) is 0 Å². The summed E-state index contributed by atoms with van der Waals surface area (Å²) < 4.78 is 43.5. The van der Waals surface area contributed by atoms with Crippen molar-refractivity contribution in [2.75, 3.05) is 26.3 Å². The minimum absolute atomic E-state index is 0.0334. The van der Waals surface area contributed by atoms with Crippen LogP contribution in [0.5, 0.6) is 0 Å². The lowest BCUT2D eigenvalue weighted by Gasteiger charge is -2.44. The highest BCUT2D eigenvalue weighted by Gasteiger charge is 2.51. The van der Waals surface area contributed by atoms with Crippen molar-refractivity contribution in [1.29, 1.82) is 0 Å². The van der Waals surface area contributed by atoms with Gasteiger partial charge in [-0.25, -0.2) is 0 Å². The van der Waals surface area contributed by atoms with Crippen molar-refractivity contribution >= 4 is 5.91 Å². The Morgan fingerprint density at radius 2 is 2.06 bits per heavy atom. The summed E-state index contributed by atoms with van der Waals surface area (Å²) in [7, 11) is 0. The van der Waals surface area contributed by atoms with E-state index in [1.165, 1.54) is 4.90 Å². The number of likely N-dealkylation sites (tertiary alicyclic amines) is 1. The summed E-state index contributed by atoms with van der Waals surface area (Å²) in [5.74, 6) is -1.58. The molecule has 1 aliphatic rings. The smallest absolute Gasteiger partial charge is 0.372 e. The van der Waals surface area contributed by atoms with E-state index in [4.69, 9.17) is 4.74 Å². The largest absolute Gasteiger partial charge is 0.392 e. The first-order valence-corrected chi connectivity index (χ1v) is 6.10. The van der Waals surface area contributed by atoms with Crippen LogP contribution in [-0.4, -0.2) is 43.3 Å². The maximum absolute atomic E-state index is 12.8. The zero-order valence-electron chi connectivity index (χ0n) is 11.0. The Kier molecular flexibility index (Phi) is 4.64. The van der Waals surface area contributed by atoms with Crippen LogP contribution < -0.4 is 0 Å². The number of ether oxygens (including phenoxy) is 1. The topological polar surface area (TPSA) is 29.5 Å². The zero-order valence-corrected chi connectivity index (χ0v) is 11.0. The van der Waals surface area contributed by atoms with Crippen LogP contribution >= 0.6 is 0 Å². The molecular weight excluding hydrogens is 247 g/mol. The molecule has 0 unspecified atom stereocenters. The van der Waals surface area contributed by atoms with Crippen molar-refractivity contribution in [2.24, 2.45) is 11.3 Å². The molecule has 1 rings (SSSR count). The molecule has 0 bridgehead atoms. The fraction of sp³-hybridized carbons (Fsp3) is 0.917. The lowest BCUT2D eigenvalue weighted by molar-refractivity contribution is -0.217. The Morgan fingerprint density at radius 1 is 1.44 bits per heavy atom. The molecule has 1 heterocycles.